The third kappa shape index (κ3) is 15.8. The Morgan fingerprint density at radius 2 is 1.17 bits per heavy atom. The fourth-order valence-electron chi connectivity index (χ4n) is 2.99. The van der Waals surface area contributed by atoms with Gasteiger partial charge in [0.25, 0.3) is 0 Å². The molecule has 0 aromatic carbocycles. The molecular formula is C24H44N4O7. The lowest BCUT2D eigenvalue weighted by Gasteiger charge is -2.25. The number of amides is 3. The highest BCUT2D eigenvalue weighted by Gasteiger charge is 2.29. The number of hydrogen-bond acceptors (Lipinski definition) is 8. The molecule has 11 nitrogen and oxygen atoms in total. The van der Waals surface area contributed by atoms with E-state index in [4.69, 9.17) is 20.9 Å². The van der Waals surface area contributed by atoms with Gasteiger partial charge in [0.15, 0.2) is 0 Å². The summed E-state index contributed by atoms with van der Waals surface area (Å²) in [5.41, 5.74) is 9.98. The average Bonchev–Trinajstić information content (AvgIpc) is 2.65. The van der Waals surface area contributed by atoms with Crippen LogP contribution < -0.4 is 22.1 Å². The second-order valence-electron chi connectivity index (χ2n) is 11.0. The first-order valence-corrected chi connectivity index (χ1v) is 11.9. The van der Waals surface area contributed by atoms with Crippen molar-refractivity contribution in [3.8, 4) is 0 Å². The summed E-state index contributed by atoms with van der Waals surface area (Å²) < 4.78 is 10.4. The van der Waals surface area contributed by atoms with Crippen molar-refractivity contribution in [2.45, 2.75) is 117 Å². The quantitative estimate of drug-likeness (QED) is 0.271. The predicted octanol–water partition coefficient (Wildman–Crippen LogP) is 1.06. The SMILES string of the molecule is CC(C)C[C@H](NC(=O)[C@@H](N)CCC(=O)OC(C)(C)C)C(=O)N[C@@H](CCC(=O)OC(C)(C)C)C(N)=O. The van der Waals surface area contributed by atoms with E-state index in [9.17, 15) is 24.0 Å². The van der Waals surface area contributed by atoms with Crippen molar-refractivity contribution in [3.63, 3.8) is 0 Å². The molecule has 0 radical (unpaired) electrons. The smallest absolute Gasteiger partial charge is 0.306 e. The van der Waals surface area contributed by atoms with E-state index in [2.05, 4.69) is 10.6 Å². The molecule has 11 heteroatoms. The first kappa shape index (κ1) is 32.3. The summed E-state index contributed by atoms with van der Waals surface area (Å²) in [4.78, 5) is 61.2. The highest BCUT2D eigenvalue weighted by atomic mass is 16.6. The molecule has 202 valence electrons. The van der Waals surface area contributed by atoms with Gasteiger partial charge < -0.3 is 31.6 Å². The number of carbonyl (C=O) groups excluding carboxylic acids is 5. The third-order valence-corrected chi connectivity index (χ3v) is 4.47. The second kappa shape index (κ2) is 14.0. The summed E-state index contributed by atoms with van der Waals surface area (Å²) in [5, 5.41) is 5.10. The van der Waals surface area contributed by atoms with E-state index in [1.54, 1.807) is 41.5 Å². The van der Waals surface area contributed by atoms with Crippen molar-refractivity contribution >= 4 is 29.7 Å². The van der Waals surface area contributed by atoms with Gasteiger partial charge in [0.1, 0.15) is 23.3 Å². The molecule has 0 spiro atoms. The fourth-order valence-corrected chi connectivity index (χ4v) is 2.99. The van der Waals surface area contributed by atoms with Crippen molar-refractivity contribution in [2.24, 2.45) is 17.4 Å². The van der Waals surface area contributed by atoms with Gasteiger partial charge in [-0.05, 0) is 66.7 Å². The molecule has 0 aromatic heterocycles. The maximum atomic E-state index is 12.9. The average molecular weight is 501 g/mol. The molecular weight excluding hydrogens is 456 g/mol. The molecule has 0 aliphatic heterocycles. The lowest BCUT2D eigenvalue weighted by atomic mass is 10.0. The molecule has 0 unspecified atom stereocenters. The molecule has 0 aliphatic rings. The van der Waals surface area contributed by atoms with Crippen LogP contribution in [0.25, 0.3) is 0 Å². The van der Waals surface area contributed by atoms with Crippen molar-refractivity contribution in [2.75, 3.05) is 0 Å². The van der Waals surface area contributed by atoms with Crippen LogP contribution in [0.2, 0.25) is 0 Å². The van der Waals surface area contributed by atoms with Crippen LogP contribution in [0.3, 0.4) is 0 Å². The Labute approximate surface area is 208 Å². The largest absolute Gasteiger partial charge is 0.460 e. The molecule has 0 bridgehead atoms. The van der Waals surface area contributed by atoms with Crippen molar-refractivity contribution < 1.29 is 33.4 Å². The van der Waals surface area contributed by atoms with E-state index in [0.29, 0.717) is 0 Å². The van der Waals surface area contributed by atoms with Crippen molar-refractivity contribution in [1.29, 1.82) is 0 Å². The topological polar surface area (TPSA) is 180 Å². The molecule has 0 aromatic rings. The van der Waals surface area contributed by atoms with Gasteiger partial charge in [0.05, 0.1) is 6.04 Å². The minimum absolute atomic E-state index is 0.0258. The van der Waals surface area contributed by atoms with Crippen LogP contribution in [0.5, 0.6) is 0 Å². The van der Waals surface area contributed by atoms with Gasteiger partial charge in [0, 0.05) is 12.8 Å². The van der Waals surface area contributed by atoms with Crippen LogP contribution >= 0.6 is 0 Å². The number of nitrogens with two attached hydrogens (primary N) is 2. The number of esters is 2. The molecule has 3 amide bonds. The van der Waals surface area contributed by atoms with Crippen LogP contribution in [-0.2, 0) is 33.4 Å². The zero-order chi connectivity index (χ0) is 27.6. The summed E-state index contributed by atoms with van der Waals surface area (Å²) in [6.07, 6.45) is 0.0847. The summed E-state index contributed by atoms with van der Waals surface area (Å²) in [7, 11) is 0. The van der Waals surface area contributed by atoms with Crippen LogP contribution in [-0.4, -0.2) is 59.0 Å². The molecule has 3 atom stereocenters. The van der Waals surface area contributed by atoms with Gasteiger partial charge in [-0.15, -0.1) is 0 Å². The fraction of sp³-hybridized carbons (Fsp3) is 0.792. The highest BCUT2D eigenvalue weighted by Crippen LogP contribution is 2.12. The van der Waals surface area contributed by atoms with Gasteiger partial charge in [-0.25, -0.2) is 0 Å². The van der Waals surface area contributed by atoms with E-state index in [1.165, 1.54) is 0 Å². The van der Waals surface area contributed by atoms with Crippen molar-refractivity contribution in [3.05, 3.63) is 0 Å². The molecule has 6 N–H and O–H groups in total. The normalized spacial score (nSPS) is 14.5. The standard InChI is InChI=1S/C24H44N4O7/c1-14(2)13-17(28-21(32)15(25)9-11-18(29)34-23(3,4)5)22(33)27-16(20(26)31)10-12-19(30)35-24(6,7)8/h14-17H,9-13,25H2,1-8H3,(H2,26,31)(H,27,33)(H,28,32)/t15-,16-,17-/m0/s1. The van der Waals surface area contributed by atoms with E-state index in [1.807, 2.05) is 13.8 Å². The van der Waals surface area contributed by atoms with Crippen LogP contribution in [0.1, 0.15) is 87.5 Å². The van der Waals surface area contributed by atoms with E-state index >= 15 is 0 Å². The molecule has 0 rings (SSSR count). The van der Waals surface area contributed by atoms with Crippen LogP contribution in [0.4, 0.5) is 0 Å². The summed E-state index contributed by atoms with van der Waals surface area (Å²) in [6.45, 7) is 14.1. The van der Waals surface area contributed by atoms with Crippen LogP contribution in [0.15, 0.2) is 0 Å². The lowest BCUT2D eigenvalue weighted by Crippen LogP contribution is -2.55. The van der Waals surface area contributed by atoms with Crippen LogP contribution in [0, 0.1) is 5.92 Å². The van der Waals surface area contributed by atoms with Gasteiger partial charge in [-0.1, -0.05) is 13.8 Å². The first-order chi connectivity index (χ1) is 15.8. The molecule has 0 heterocycles. The zero-order valence-corrected chi connectivity index (χ0v) is 22.4. The number of primary amides is 1. The molecule has 0 saturated carbocycles. The number of rotatable bonds is 13. The Kier molecular flexibility index (Phi) is 12.9. The molecule has 0 aliphatic carbocycles. The van der Waals surface area contributed by atoms with Gasteiger partial charge in [-0.3, -0.25) is 24.0 Å². The van der Waals surface area contributed by atoms with E-state index < -0.39 is 59.0 Å². The third-order valence-electron chi connectivity index (χ3n) is 4.47. The number of ether oxygens (including phenoxy) is 2. The van der Waals surface area contributed by atoms with Gasteiger partial charge >= 0.3 is 11.9 Å². The summed E-state index contributed by atoms with van der Waals surface area (Å²) in [5.74, 6) is -3.03. The summed E-state index contributed by atoms with van der Waals surface area (Å²) in [6, 6.07) is -3.15. The maximum Gasteiger partial charge on any atom is 0.306 e. The molecule has 0 fully saturated rings. The minimum atomic E-state index is -1.12. The molecule has 35 heavy (non-hydrogen) atoms. The highest BCUT2D eigenvalue weighted by molar-refractivity contribution is 5.93. The maximum absolute atomic E-state index is 12.9. The Bertz CT molecular complexity index is 754. The Hall–Kier alpha value is -2.69. The number of nitrogens with one attached hydrogen (secondary N) is 2. The number of hydrogen-bond donors (Lipinski definition) is 4. The lowest BCUT2D eigenvalue weighted by molar-refractivity contribution is -0.156. The Balaban J connectivity index is 5.08. The second-order valence-corrected chi connectivity index (χ2v) is 11.0. The number of carbonyl (C=O) groups is 5. The first-order valence-electron chi connectivity index (χ1n) is 11.9. The molecule has 0 saturated heterocycles. The Morgan fingerprint density at radius 1 is 0.743 bits per heavy atom. The monoisotopic (exact) mass is 500 g/mol. The van der Waals surface area contributed by atoms with Gasteiger partial charge in [-0.2, -0.15) is 0 Å². The predicted molar refractivity (Wildman–Crippen MR) is 131 cm³/mol. The van der Waals surface area contributed by atoms with E-state index in [-0.39, 0.29) is 38.0 Å². The van der Waals surface area contributed by atoms with E-state index in [0.717, 1.165) is 0 Å². The van der Waals surface area contributed by atoms with Crippen molar-refractivity contribution in [1.82, 2.24) is 10.6 Å². The van der Waals surface area contributed by atoms with Gasteiger partial charge in [0.2, 0.25) is 17.7 Å². The minimum Gasteiger partial charge on any atom is -0.460 e. The Morgan fingerprint density at radius 3 is 1.57 bits per heavy atom. The summed E-state index contributed by atoms with van der Waals surface area (Å²) >= 11 is 0. The zero-order valence-electron chi connectivity index (χ0n) is 22.4.